The van der Waals surface area contributed by atoms with Crippen LogP contribution in [0.4, 0.5) is 0 Å². The van der Waals surface area contributed by atoms with E-state index < -0.39 is 0 Å². The maximum Gasteiger partial charge on any atom is 0.305 e. The summed E-state index contributed by atoms with van der Waals surface area (Å²) in [6.07, 6.45) is 2.50. The smallest absolute Gasteiger partial charge is 0.305 e. The van der Waals surface area contributed by atoms with E-state index in [0.29, 0.717) is 12.8 Å². The molecule has 6 heteroatoms. The van der Waals surface area contributed by atoms with Crippen LogP contribution < -0.4 is 0 Å². The monoisotopic (exact) mass is 274 g/mol. The third kappa shape index (κ3) is 2.84. The topological polar surface area (TPSA) is 69.9 Å². The number of carbonyl (C=O) groups is 1. The molecule has 2 rings (SSSR count). The number of aromatic nitrogens is 4. The van der Waals surface area contributed by atoms with E-state index in [-0.39, 0.29) is 5.97 Å². The highest BCUT2D eigenvalue weighted by molar-refractivity contribution is 5.69. The van der Waals surface area contributed by atoms with Crippen molar-refractivity contribution in [2.24, 2.45) is 0 Å². The van der Waals surface area contributed by atoms with Gasteiger partial charge in [-0.1, -0.05) is 0 Å². The predicted octanol–water partition coefficient (Wildman–Crippen LogP) is 1.69. The standard InChI is InChI=1S/C14H18N4O2/c1-9-7-13(16-8-15-9)18-11(3)12(10(2)17-18)5-6-14(19)20-4/h7-8H,5-6H2,1-4H3. The number of hydrogen-bond donors (Lipinski definition) is 0. The lowest BCUT2D eigenvalue weighted by atomic mass is 10.1. The van der Waals surface area contributed by atoms with Crippen molar-refractivity contribution in [2.75, 3.05) is 7.11 Å². The van der Waals surface area contributed by atoms with E-state index in [1.165, 1.54) is 13.4 Å². The average molecular weight is 274 g/mol. The molecule has 2 aromatic heterocycles. The summed E-state index contributed by atoms with van der Waals surface area (Å²) in [6.45, 7) is 5.82. The minimum absolute atomic E-state index is 0.213. The molecule has 0 amide bonds. The Morgan fingerprint density at radius 3 is 2.70 bits per heavy atom. The summed E-state index contributed by atoms with van der Waals surface area (Å²) >= 11 is 0. The summed E-state index contributed by atoms with van der Waals surface area (Å²) in [7, 11) is 1.40. The molecule has 2 heterocycles. The maximum absolute atomic E-state index is 11.3. The van der Waals surface area contributed by atoms with Gasteiger partial charge in [0, 0.05) is 23.9 Å². The summed E-state index contributed by atoms with van der Waals surface area (Å²) in [5.41, 5.74) is 3.84. The molecular formula is C14H18N4O2. The molecule has 0 fully saturated rings. The zero-order valence-corrected chi connectivity index (χ0v) is 12.2. The fourth-order valence-electron chi connectivity index (χ4n) is 2.15. The number of aryl methyl sites for hydroxylation is 2. The quantitative estimate of drug-likeness (QED) is 0.793. The molecule has 0 unspecified atom stereocenters. The summed E-state index contributed by atoms with van der Waals surface area (Å²) in [4.78, 5) is 19.6. The summed E-state index contributed by atoms with van der Waals surface area (Å²) in [6, 6.07) is 1.88. The van der Waals surface area contributed by atoms with Gasteiger partial charge in [-0.15, -0.1) is 0 Å². The van der Waals surface area contributed by atoms with Crippen LogP contribution in [0.25, 0.3) is 5.82 Å². The summed E-state index contributed by atoms with van der Waals surface area (Å²) < 4.78 is 6.46. The second kappa shape index (κ2) is 5.81. The van der Waals surface area contributed by atoms with E-state index in [1.54, 1.807) is 4.68 Å². The first-order valence-corrected chi connectivity index (χ1v) is 6.44. The van der Waals surface area contributed by atoms with Crippen molar-refractivity contribution in [3.05, 3.63) is 35.0 Å². The van der Waals surface area contributed by atoms with Gasteiger partial charge in [0.1, 0.15) is 6.33 Å². The second-order valence-electron chi connectivity index (χ2n) is 4.65. The highest BCUT2D eigenvalue weighted by Crippen LogP contribution is 2.18. The molecule has 0 aromatic carbocycles. The highest BCUT2D eigenvalue weighted by atomic mass is 16.5. The first-order valence-electron chi connectivity index (χ1n) is 6.44. The Hall–Kier alpha value is -2.24. The summed E-state index contributed by atoms with van der Waals surface area (Å²) in [5.74, 6) is 0.525. The lowest BCUT2D eigenvalue weighted by Gasteiger charge is -2.05. The minimum Gasteiger partial charge on any atom is -0.469 e. The van der Waals surface area contributed by atoms with Gasteiger partial charge in [-0.2, -0.15) is 5.10 Å². The van der Waals surface area contributed by atoms with Crippen molar-refractivity contribution in [1.29, 1.82) is 0 Å². The zero-order chi connectivity index (χ0) is 14.7. The van der Waals surface area contributed by atoms with Crippen molar-refractivity contribution in [2.45, 2.75) is 33.6 Å². The first-order chi connectivity index (χ1) is 9.52. The minimum atomic E-state index is -0.213. The van der Waals surface area contributed by atoms with Gasteiger partial charge in [0.15, 0.2) is 5.82 Å². The Bertz CT molecular complexity index is 634. The van der Waals surface area contributed by atoms with Crippen molar-refractivity contribution in [1.82, 2.24) is 19.7 Å². The van der Waals surface area contributed by atoms with E-state index in [0.717, 1.165) is 28.5 Å². The van der Waals surface area contributed by atoms with Gasteiger partial charge in [-0.25, -0.2) is 14.6 Å². The van der Waals surface area contributed by atoms with Gasteiger partial charge >= 0.3 is 5.97 Å². The largest absolute Gasteiger partial charge is 0.469 e. The highest BCUT2D eigenvalue weighted by Gasteiger charge is 2.15. The van der Waals surface area contributed by atoms with E-state index in [9.17, 15) is 4.79 Å². The lowest BCUT2D eigenvalue weighted by molar-refractivity contribution is -0.140. The van der Waals surface area contributed by atoms with Crippen LogP contribution >= 0.6 is 0 Å². The SMILES string of the molecule is COC(=O)CCc1c(C)nn(-c2cc(C)ncn2)c1C. The molecule has 6 nitrogen and oxygen atoms in total. The molecule has 0 bridgehead atoms. The molecule has 0 radical (unpaired) electrons. The number of esters is 1. The predicted molar refractivity (Wildman–Crippen MR) is 73.7 cm³/mol. The van der Waals surface area contributed by atoms with Crippen molar-refractivity contribution < 1.29 is 9.53 Å². The molecule has 20 heavy (non-hydrogen) atoms. The normalized spacial score (nSPS) is 10.6. The third-order valence-corrected chi connectivity index (χ3v) is 3.25. The van der Waals surface area contributed by atoms with Crippen molar-refractivity contribution in [3.63, 3.8) is 0 Å². The molecule has 0 aliphatic rings. The van der Waals surface area contributed by atoms with Crippen LogP contribution in [0.2, 0.25) is 0 Å². The fourth-order valence-corrected chi connectivity index (χ4v) is 2.15. The van der Waals surface area contributed by atoms with Crippen LogP contribution in [0.1, 0.15) is 29.1 Å². The van der Waals surface area contributed by atoms with E-state index >= 15 is 0 Å². The van der Waals surface area contributed by atoms with Gasteiger partial charge in [0.2, 0.25) is 0 Å². The molecule has 0 spiro atoms. The fraction of sp³-hybridized carbons (Fsp3) is 0.429. The van der Waals surface area contributed by atoms with E-state index in [1.807, 2.05) is 26.8 Å². The van der Waals surface area contributed by atoms with Gasteiger partial charge in [0.25, 0.3) is 0 Å². The van der Waals surface area contributed by atoms with Crippen LogP contribution in [0.15, 0.2) is 12.4 Å². The van der Waals surface area contributed by atoms with Gasteiger partial charge in [0.05, 0.1) is 12.8 Å². The molecule has 106 valence electrons. The molecular weight excluding hydrogens is 256 g/mol. The van der Waals surface area contributed by atoms with Crippen LogP contribution in [0.3, 0.4) is 0 Å². The molecule has 0 saturated heterocycles. The Morgan fingerprint density at radius 1 is 1.30 bits per heavy atom. The van der Waals surface area contributed by atoms with Crippen LogP contribution in [-0.4, -0.2) is 32.8 Å². The Kier molecular flexibility index (Phi) is 4.12. The lowest BCUT2D eigenvalue weighted by Crippen LogP contribution is -2.05. The van der Waals surface area contributed by atoms with Crippen LogP contribution in [0.5, 0.6) is 0 Å². The number of hydrogen-bond acceptors (Lipinski definition) is 5. The molecule has 0 aliphatic carbocycles. The van der Waals surface area contributed by atoms with Crippen LogP contribution in [-0.2, 0) is 16.0 Å². The number of ether oxygens (including phenoxy) is 1. The third-order valence-electron chi connectivity index (χ3n) is 3.25. The second-order valence-corrected chi connectivity index (χ2v) is 4.65. The molecule has 0 atom stereocenters. The number of nitrogens with zero attached hydrogens (tertiary/aromatic N) is 4. The number of carbonyl (C=O) groups excluding carboxylic acids is 1. The van der Waals surface area contributed by atoms with E-state index in [4.69, 9.17) is 0 Å². The van der Waals surface area contributed by atoms with Gasteiger partial charge < -0.3 is 4.74 Å². The van der Waals surface area contributed by atoms with Gasteiger partial charge in [-0.3, -0.25) is 4.79 Å². The summed E-state index contributed by atoms with van der Waals surface area (Å²) in [5, 5.41) is 4.50. The number of methoxy groups -OCH3 is 1. The van der Waals surface area contributed by atoms with Gasteiger partial charge in [-0.05, 0) is 32.8 Å². The Morgan fingerprint density at radius 2 is 2.05 bits per heavy atom. The van der Waals surface area contributed by atoms with Crippen LogP contribution in [0, 0.1) is 20.8 Å². The Balaban J connectivity index is 2.31. The number of rotatable bonds is 4. The van der Waals surface area contributed by atoms with E-state index in [2.05, 4.69) is 19.8 Å². The molecule has 0 N–H and O–H groups in total. The van der Waals surface area contributed by atoms with Crippen molar-refractivity contribution in [3.8, 4) is 5.82 Å². The molecule has 0 saturated carbocycles. The first kappa shape index (κ1) is 14.2. The maximum atomic E-state index is 11.3. The average Bonchev–Trinajstić information content (AvgIpc) is 2.71. The zero-order valence-electron chi connectivity index (χ0n) is 12.2. The Labute approximate surface area is 117 Å². The molecule has 2 aromatic rings. The molecule has 0 aliphatic heterocycles. The van der Waals surface area contributed by atoms with Crippen molar-refractivity contribution >= 4 is 5.97 Å².